The lowest BCUT2D eigenvalue weighted by Gasteiger charge is -2.20. The zero-order chi connectivity index (χ0) is 15.2. The van der Waals surface area contributed by atoms with Crippen molar-refractivity contribution in [2.24, 2.45) is 0 Å². The highest BCUT2D eigenvalue weighted by Crippen LogP contribution is 2.28. The van der Waals surface area contributed by atoms with Crippen LogP contribution >= 0.6 is 15.9 Å². The fourth-order valence-corrected chi connectivity index (χ4v) is 2.75. The molecule has 0 aliphatic carbocycles. The SMILES string of the molecule is BrCc1ccc(OC(c2ccccc2)c2ccccc2)cc1. The highest BCUT2D eigenvalue weighted by Gasteiger charge is 2.15. The molecule has 0 atom stereocenters. The Balaban J connectivity index is 1.91. The fourth-order valence-electron chi connectivity index (χ4n) is 2.38. The Hall–Kier alpha value is -2.06. The molecule has 0 spiro atoms. The second kappa shape index (κ2) is 7.28. The minimum atomic E-state index is -0.0998. The molecule has 22 heavy (non-hydrogen) atoms. The van der Waals surface area contributed by atoms with Gasteiger partial charge in [0.05, 0.1) is 0 Å². The molecule has 0 aliphatic heterocycles. The number of rotatable bonds is 5. The van der Waals surface area contributed by atoms with Gasteiger partial charge in [-0.05, 0) is 28.8 Å². The minimum absolute atomic E-state index is 0.0998. The molecular formula is C20H17BrO. The summed E-state index contributed by atoms with van der Waals surface area (Å²) in [7, 11) is 0. The third kappa shape index (κ3) is 3.58. The van der Waals surface area contributed by atoms with E-state index in [2.05, 4.69) is 52.3 Å². The monoisotopic (exact) mass is 352 g/mol. The van der Waals surface area contributed by atoms with E-state index >= 15 is 0 Å². The maximum absolute atomic E-state index is 6.27. The Kier molecular flexibility index (Phi) is 4.92. The van der Waals surface area contributed by atoms with E-state index in [1.807, 2.05) is 48.5 Å². The third-order valence-electron chi connectivity index (χ3n) is 3.54. The van der Waals surface area contributed by atoms with Crippen LogP contribution in [0.3, 0.4) is 0 Å². The molecule has 0 aromatic heterocycles. The summed E-state index contributed by atoms with van der Waals surface area (Å²) in [6.07, 6.45) is -0.0998. The molecule has 0 bridgehead atoms. The molecule has 3 aromatic rings. The van der Waals surface area contributed by atoms with Crippen LogP contribution < -0.4 is 4.74 Å². The molecule has 1 nitrogen and oxygen atoms in total. The first-order valence-corrected chi connectivity index (χ1v) is 8.40. The maximum Gasteiger partial charge on any atom is 0.149 e. The first-order valence-electron chi connectivity index (χ1n) is 7.28. The van der Waals surface area contributed by atoms with Crippen LogP contribution in [0.15, 0.2) is 84.9 Å². The van der Waals surface area contributed by atoms with Crippen LogP contribution in [-0.2, 0) is 5.33 Å². The Bertz CT molecular complexity index is 653. The van der Waals surface area contributed by atoms with Gasteiger partial charge in [0.2, 0.25) is 0 Å². The van der Waals surface area contributed by atoms with Gasteiger partial charge in [-0.25, -0.2) is 0 Å². The van der Waals surface area contributed by atoms with Crippen molar-refractivity contribution < 1.29 is 4.74 Å². The first kappa shape index (κ1) is 14.9. The van der Waals surface area contributed by atoms with Crippen LogP contribution in [0.25, 0.3) is 0 Å². The van der Waals surface area contributed by atoms with Gasteiger partial charge in [0, 0.05) is 5.33 Å². The summed E-state index contributed by atoms with van der Waals surface area (Å²) in [5, 5.41) is 0.855. The van der Waals surface area contributed by atoms with Gasteiger partial charge in [0.15, 0.2) is 0 Å². The van der Waals surface area contributed by atoms with E-state index in [1.54, 1.807) is 0 Å². The van der Waals surface area contributed by atoms with Crippen molar-refractivity contribution in [2.45, 2.75) is 11.4 Å². The van der Waals surface area contributed by atoms with E-state index in [0.717, 1.165) is 22.2 Å². The summed E-state index contributed by atoms with van der Waals surface area (Å²) in [4.78, 5) is 0. The lowest BCUT2D eigenvalue weighted by molar-refractivity contribution is 0.247. The molecule has 0 N–H and O–H groups in total. The van der Waals surface area contributed by atoms with Gasteiger partial charge in [-0.3, -0.25) is 0 Å². The summed E-state index contributed by atoms with van der Waals surface area (Å²) in [6.45, 7) is 0. The van der Waals surface area contributed by atoms with E-state index in [4.69, 9.17) is 4.74 Å². The molecule has 3 aromatic carbocycles. The van der Waals surface area contributed by atoms with Gasteiger partial charge in [-0.1, -0.05) is 88.7 Å². The van der Waals surface area contributed by atoms with Crippen LogP contribution in [-0.4, -0.2) is 0 Å². The molecule has 0 aliphatic rings. The minimum Gasteiger partial charge on any atom is -0.481 e. The standard InChI is InChI=1S/C20H17BrO/c21-15-16-11-13-19(14-12-16)22-20(17-7-3-1-4-8-17)18-9-5-2-6-10-18/h1-14,20H,15H2. The van der Waals surface area contributed by atoms with Crippen molar-refractivity contribution in [1.82, 2.24) is 0 Å². The predicted octanol–water partition coefficient (Wildman–Crippen LogP) is 5.75. The topological polar surface area (TPSA) is 9.23 Å². The summed E-state index contributed by atoms with van der Waals surface area (Å²) in [6, 6.07) is 28.8. The van der Waals surface area contributed by atoms with Crippen molar-refractivity contribution in [1.29, 1.82) is 0 Å². The van der Waals surface area contributed by atoms with Gasteiger partial charge in [-0.15, -0.1) is 0 Å². The number of hydrogen-bond donors (Lipinski definition) is 0. The quantitative estimate of drug-likeness (QED) is 0.531. The summed E-state index contributed by atoms with van der Waals surface area (Å²) < 4.78 is 6.27. The fraction of sp³-hybridized carbons (Fsp3) is 0.100. The normalized spacial score (nSPS) is 10.6. The predicted molar refractivity (Wildman–Crippen MR) is 94.4 cm³/mol. The number of halogens is 1. The second-order valence-corrected chi connectivity index (χ2v) is 5.66. The van der Waals surface area contributed by atoms with Crippen LogP contribution in [0.2, 0.25) is 0 Å². The van der Waals surface area contributed by atoms with Gasteiger partial charge in [-0.2, -0.15) is 0 Å². The average molecular weight is 353 g/mol. The Labute approximate surface area is 139 Å². The smallest absolute Gasteiger partial charge is 0.149 e. The maximum atomic E-state index is 6.27. The first-order chi connectivity index (χ1) is 10.9. The van der Waals surface area contributed by atoms with E-state index in [1.165, 1.54) is 5.56 Å². The van der Waals surface area contributed by atoms with E-state index in [-0.39, 0.29) is 6.10 Å². The van der Waals surface area contributed by atoms with Crippen LogP contribution in [0, 0.1) is 0 Å². The molecule has 0 saturated heterocycles. The summed E-state index contributed by atoms with van der Waals surface area (Å²) in [5.74, 6) is 0.877. The summed E-state index contributed by atoms with van der Waals surface area (Å²) >= 11 is 3.47. The molecular weight excluding hydrogens is 336 g/mol. The molecule has 0 radical (unpaired) electrons. The Morgan fingerprint density at radius 1 is 0.682 bits per heavy atom. The molecule has 0 heterocycles. The lowest BCUT2D eigenvalue weighted by Crippen LogP contribution is -2.09. The van der Waals surface area contributed by atoms with Crippen molar-refractivity contribution in [3.63, 3.8) is 0 Å². The van der Waals surface area contributed by atoms with Crippen LogP contribution in [0.1, 0.15) is 22.8 Å². The molecule has 3 rings (SSSR count). The van der Waals surface area contributed by atoms with E-state index < -0.39 is 0 Å². The molecule has 0 saturated carbocycles. The van der Waals surface area contributed by atoms with Crippen molar-refractivity contribution in [3.05, 3.63) is 102 Å². The van der Waals surface area contributed by atoms with Gasteiger partial charge < -0.3 is 4.74 Å². The van der Waals surface area contributed by atoms with Crippen molar-refractivity contribution in [2.75, 3.05) is 0 Å². The van der Waals surface area contributed by atoms with E-state index in [9.17, 15) is 0 Å². The average Bonchev–Trinajstić information content (AvgIpc) is 2.62. The largest absolute Gasteiger partial charge is 0.481 e. The molecule has 0 fully saturated rings. The lowest BCUT2D eigenvalue weighted by atomic mass is 10.0. The van der Waals surface area contributed by atoms with Gasteiger partial charge in [0.1, 0.15) is 11.9 Å². The second-order valence-electron chi connectivity index (χ2n) is 5.10. The molecule has 2 heteroatoms. The number of ether oxygens (including phenoxy) is 1. The van der Waals surface area contributed by atoms with E-state index in [0.29, 0.717) is 0 Å². The highest BCUT2D eigenvalue weighted by molar-refractivity contribution is 9.08. The molecule has 0 amide bonds. The number of alkyl halides is 1. The van der Waals surface area contributed by atoms with Crippen molar-refractivity contribution in [3.8, 4) is 5.75 Å². The van der Waals surface area contributed by atoms with Gasteiger partial charge >= 0.3 is 0 Å². The third-order valence-corrected chi connectivity index (χ3v) is 4.18. The van der Waals surface area contributed by atoms with Crippen LogP contribution in [0.4, 0.5) is 0 Å². The molecule has 110 valence electrons. The number of benzene rings is 3. The molecule has 0 unspecified atom stereocenters. The number of hydrogen-bond acceptors (Lipinski definition) is 1. The van der Waals surface area contributed by atoms with Crippen molar-refractivity contribution >= 4 is 15.9 Å². The zero-order valence-electron chi connectivity index (χ0n) is 12.2. The van der Waals surface area contributed by atoms with Crippen LogP contribution in [0.5, 0.6) is 5.75 Å². The zero-order valence-corrected chi connectivity index (χ0v) is 13.7. The Morgan fingerprint density at radius 2 is 1.18 bits per heavy atom. The summed E-state index contributed by atoms with van der Waals surface area (Å²) in [5.41, 5.74) is 3.54. The Morgan fingerprint density at radius 3 is 1.64 bits per heavy atom. The highest BCUT2D eigenvalue weighted by atomic mass is 79.9. The van der Waals surface area contributed by atoms with Gasteiger partial charge in [0.25, 0.3) is 0 Å².